The molecule has 1 aromatic rings. The van der Waals surface area contributed by atoms with Crippen molar-refractivity contribution >= 4 is 11.3 Å². The summed E-state index contributed by atoms with van der Waals surface area (Å²) in [6.45, 7) is 3.62. The van der Waals surface area contributed by atoms with Gasteiger partial charge in [0.05, 0.1) is 23.2 Å². The molecule has 0 atom stereocenters. The monoisotopic (exact) mass is 221 g/mol. The molecule has 1 saturated heterocycles. The van der Waals surface area contributed by atoms with Gasteiger partial charge in [-0.25, -0.2) is 4.98 Å². The first-order chi connectivity index (χ1) is 7.38. The number of thiazole rings is 1. The van der Waals surface area contributed by atoms with Crippen LogP contribution in [-0.2, 0) is 12.8 Å². The molecule has 0 radical (unpaired) electrons. The highest BCUT2D eigenvalue weighted by molar-refractivity contribution is 7.09. The highest BCUT2D eigenvalue weighted by atomic mass is 32.1. The third-order valence-corrected chi connectivity index (χ3v) is 3.66. The van der Waals surface area contributed by atoms with Gasteiger partial charge < -0.3 is 4.90 Å². The lowest BCUT2D eigenvalue weighted by atomic mass is 10.3. The van der Waals surface area contributed by atoms with Crippen LogP contribution in [0.4, 0.5) is 0 Å². The van der Waals surface area contributed by atoms with E-state index in [0.717, 1.165) is 18.7 Å². The maximum atomic E-state index is 8.54. The molecule has 0 N–H and O–H groups in total. The summed E-state index contributed by atoms with van der Waals surface area (Å²) in [6.07, 6.45) is 4.17. The topological polar surface area (TPSA) is 39.9 Å². The molecule has 0 aromatic carbocycles. The number of likely N-dealkylation sites (tertiary alicyclic amines) is 1. The molecule has 1 fully saturated rings. The lowest BCUT2D eigenvalue weighted by Crippen LogP contribution is -2.21. The number of nitriles is 1. The Bertz CT molecular complexity index is 347. The molecule has 15 heavy (non-hydrogen) atoms. The second-order valence-electron chi connectivity index (χ2n) is 3.87. The summed E-state index contributed by atoms with van der Waals surface area (Å²) in [7, 11) is 0. The van der Waals surface area contributed by atoms with Gasteiger partial charge >= 0.3 is 0 Å². The molecule has 3 nitrogen and oxygen atoms in total. The first kappa shape index (κ1) is 10.6. The minimum atomic E-state index is 0.445. The fourth-order valence-corrected chi connectivity index (χ4v) is 2.67. The summed E-state index contributed by atoms with van der Waals surface area (Å²) in [5.74, 6) is 0. The second kappa shape index (κ2) is 5.24. The summed E-state index contributed by atoms with van der Waals surface area (Å²) in [6, 6.07) is 2.13. The zero-order valence-electron chi connectivity index (χ0n) is 8.78. The van der Waals surface area contributed by atoms with E-state index in [9.17, 15) is 0 Å². The van der Waals surface area contributed by atoms with Crippen LogP contribution in [0.1, 0.15) is 23.5 Å². The van der Waals surface area contributed by atoms with E-state index < -0.39 is 0 Å². The fraction of sp³-hybridized carbons (Fsp3) is 0.636. The van der Waals surface area contributed by atoms with Crippen molar-refractivity contribution in [3.05, 3.63) is 16.1 Å². The van der Waals surface area contributed by atoms with E-state index in [1.54, 1.807) is 11.3 Å². The quantitative estimate of drug-likeness (QED) is 0.779. The average molecular weight is 221 g/mol. The lowest BCUT2D eigenvalue weighted by molar-refractivity contribution is 0.343. The van der Waals surface area contributed by atoms with Crippen LogP contribution in [0, 0.1) is 11.3 Å². The Balaban J connectivity index is 1.80. The summed E-state index contributed by atoms with van der Waals surface area (Å²) in [5, 5.41) is 11.7. The second-order valence-corrected chi connectivity index (χ2v) is 4.81. The number of rotatable bonds is 4. The molecule has 0 saturated carbocycles. The van der Waals surface area contributed by atoms with Gasteiger partial charge in [0, 0.05) is 18.3 Å². The summed E-state index contributed by atoms with van der Waals surface area (Å²) < 4.78 is 0. The number of nitrogens with zero attached hydrogens (tertiary/aromatic N) is 3. The first-order valence-electron chi connectivity index (χ1n) is 5.41. The van der Waals surface area contributed by atoms with E-state index in [1.165, 1.54) is 30.9 Å². The molecule has 0 spiro atoms. The molecule has 2 rings (SSSR count). The number of hydrogen-bond donors (Lipinski definition) is 0. The maximum Gasteiger partial charge on any atom is 0.0941 e. The van der Waals surface area contributed by atoms with Crippen molar-refractivity contribution in [2.24, 2.45) is 0 Å². The summed E-state index contributed by atoms with van der Waals surface area (Å²) >= 11 is 1.68. The minimum Gasteiger partial charge on any atom is -0.303 e. The van der Waals surface area contributed by atoms with E-state index in [1.807, 2.05) is 5.38 Å². The Hall–Kier alpha value is -0.920. The highest BCUT2D eigenvalue weighted by Gasteiger charge is 2.11. The Morgan fingerprint density at radius 2 is 2.27 bits per heavy atom. The Labute approximate surface area is 94.4 Å². The van der Waals surface area contributed by atoms with Crippen molar-refractivity contribution in [2.45, 2.75) is 25.7 Å². The lowest BCUT2D eigenvalue weighted by Gasteiger charge is -2.12. The van der Waals surface area contributed by atoms with Gasteiger partial charge in [0.2, 0.25) is 0 Å². The molecule has 1 aromatic heterocycles. The van der Waals surface area contributed by atoms with Crippen molar-refractivity contribution in [3.8, 4) is 6.07 Å². The molecule has 0 unspecified atom stereocenters. The number of hydrogen-bond acceptors (Lipinski definition) is 4. The molecule has 0 aliphatic carbocycles. The molecular weight excluding hydrogens is 206 g/mol. The molecule has 1 aliphatic rings. The van der Waals surface area contributed by atoms with Crippen molar-refractivity contribution in [1.82, 2.24) is 9.88 Å². The van der Waals surface area contributed by atoms with E-state index in [4.69, 9.17) is 5.26 Å². The van der Waals surface area contributed by atoms with Gasteiger partial charge in [-0.3, -0.25) is 0 Å². The Kier molecular flexibility index (Phi) is 3.70. The Morgan fingerprint density at radius 3 is 3.00 bits per heavy atom. The molecular formula is C11H15N3S. The molecule has 80 valence electrons. The van der Waals surface area contributed by atoms with Gasteiger partial charge in [-0.15, -0.1) is 11.3 Å². The van der Waals surface area contributed by atoms with Crippen LogP contribution in [-0.4, -0.2) is 29.5 Å². The van der Waals surface area contributed by atoms with Crippen molar-refractivity contribution in [2.75, 3.05) is 19.6 Å². The maximum absolute atomic E-state index is 8.54. The fourth-order valence-electron chi connectivity index (χ4n) is 1.89. The molecule has 0 amide bonds. The normalized spacial score (nSPS) is 16.7. The standard InChI is InChI=1S/C11H15N3S/c12-5-3-10-9-15-11(13-10)4-8-14-6-1-2-7-14/h9H,1-4,6-8H2. The molecule has 0 bridgehead atoms. The zero-order chi connectivity index (χ0) is 10.5. The SMILES string of the molecule is N#CCc1csc(CCN2CCCC2)n1. The third kappa shape index (κ3) is 3.01. The number of aromatic nitrogens is 1. The van der Waals surface area contributed by atoms with E-state index in [2.05, 4.69) is 16.0 Å². The average Bonchev–Trinajstić information content (AvgIpc) is 2.85. The van der Waals surface area contributed by atoms with Crippen LogP contribution in [0.5, 0.6) is 0 Å². The molecule has 2 heterocycles. The van der Waals surface area contributed by atoms with Crippen LogP contribution < -0.4 is 0 Å². The van der Waals surface area contributed by atoms with Gasteiger partial charge in [0.15, 0.2) is 0 Å². The highest BCUT2D eigenvalue weighted by Crippen LogP contribution is 2.13. The van der Waals surface area contributed by atoms with Crippen molar-refractivity contribution in [3.63, 3.8) is 0 Å². The van der Waals surface area contributed by atoms with Crippen LogP contribution in [0.15, 0.2) is 5.38 Å². The van der Waals surface area contributed by atoms with Gasteiger partial charge in [0.1, 0.15) is 0 Å². The predicted octanol–water partition coefficient (Wildman–Crippen LogP) is 1.85. The third-order valence-electron chi connectivity index (χ3n) is 2.70. The van der Waals surface area contributed by atoms with Crippen molar-refractivity contribution < 1.29 is 0 Å². The van der Waals surface area contributed by atoms with Crippen LogP contribution in [0.3, 0.4) is 0 Å². The van der Waals surface area contributed by atoms with Crippen molar-refractivity contribution in [1.29, 1.82) is 5.26 Å². The van der Waals surface area contributed by atoms with E-state index in [-0.39, 0.29) is 0 Å². The largest absolute Gasteiger partial charge is 0.303 e. The van der Waals surface area contributed by atoms with E-state index >= 15 is 0 Å². The first-order valence-corrected chi connectivity index (χ1v) is 6.29. The van der Waals surface area contributed by atoms with Gasteiger partial charge in [-0.2, -0.15) is 5.26 Å². The predicted molar refractivity (Wildman–Crippen MR) is 60.8 cm³/mol. The molecule has 1 aliphatic heterocycles. The molecule has 4 heteroatoms. The summed E-state index contributed by atoms with van der Waals surface area (Å²) in [5.41, 5.74) is 0.930. The van der Waals surface area contributed by atoms with Crippen LogP contribution in [0.2, 0.25) is 0 Å². The van der Waals surface area contributed by atoms with Gasteiger partial charge in [-0.1, -0.05) is 0 Å². The van der Waals surface area contributed by atoms with Crippen LogP contribution in [0.25, 0.3) is 0 Å². The zero-order valence-corrected chi connectivity index (χ0v) is 9.59. The van der Waals surface area contributed by atoms with Crippen LogP contribution >= 0.6 is 11.3 Å². The van der Waals surface area contributed by atoms with Gasteiger partial charge in [0.25, 0.3) is 0 Å². The summed E-state index contributed by atoms with van der Waals surface area (Å²) in [4.78, 5) is 6.92. The Morgan fingerprint density at radius 1 is 1.47 bits per heavy atom. The smallest absolute Gasteiger partial charge is 0.0941 e. The van der Waals surface area contributed by atoms with E-state index in [0.29, 0.717) is 6.42 Å². The minimum absolute atomic E-state index is 0.445. The van der Waals surface area contributed by atoms with Gasteiger partial charge in [-0.05, 0) is 25.9 Å².